The number of hydrogen-bond acceptors (Lipinski definition) is 4. The van der Waals surface area contributed by atoms with Gasteiger partial charge in [-0.3, -0.25) is 0 Å². The van der Waals surface area contributed by atoms with E-state index in [1.54, 1.807) is 7.11 Å². The van der Waals surface area contributed by atoms with E-state index in [4.69, 9.17) is 10.5 Å². The van der Waals surface area contributed by atoms with Crippen LogP contribution in [0, 0.1) is 0 Å². The molecular weight excluding hydrogens is 244 g/mol. The summed E-state index contributed by atoms with van der Waals surface area (Å²) < 4.78 is 5.22. The van der Waals surface area contributed by atoms with Gasteiger partial charge < -0.3 is 15.4 Å². The maximum absolute atomic E-state index is 5.92. The molecule has 4 heteroatoms. The number of rotatable bonds is 7. The van der Waals surface area contributed by atoms with Crippen molar-refractivity contribution in [3.63, 3.8) is 0 Å². The standard InChI is InChI=1S/C14H24N2OS/c1-5-18-14-8-6-7-13(12(14)9-15)16(3)11(2)10-17-4/h6-8,11H,5,9-10,15H2,1-4H3. The molecule has 102 valence electrons. The molecule has 1 rings (SSSR count). The molecular formula is C14H24N2OS. The number of ether oxygens (including phenoxy) is 1. The van der Waals surface area contributed by atoms with Gasteiger partial charge in [-0.05, 0) is 24.8 Å². The Morgan fingerprint density at radius 1 is 1.44 bits per heavy atom. The molecule has 0 amide bonds. The molecule has 3 nitrogen and oxygen atoms in total. The summed E-state index contributed by atoms with van der Waals surface area (Å²) in [5.41, 5.74) is 8.36. The van der Waals surface area contributed by atoms with Crippen molar-refractivity contribution in [2.24, 2.45) is 5.73 Å². The summed E-state index contributed by atoms with van der Waals surface area (Å²) in [6.45, 7) is 5.60. The van der Waals surface area contributed by atoms with Gasteiger partial charge in [-0.25, -0.2) is 0 Å². The van der Waals surface area contributed by atoms with Crippen LogP contribution < -0.4 is 10.6 Å². The minimum Gasteiger partial charge on any atom is -0.383 e. The third-order valence-electron chi connectivity index (χ3n) is 3.06. The Kier molecular flexibility index (Phi) is 6.54. The monoisotopic (exact) mass is 268 g/mol. The van der Waals surface area contributed by atoms with E-state index >= 15 is 0 Å². The average Bonchev–Trinajstić information content (AvgIpc) is 2.38. The molecule has 1 unspecified atom stereocenters. The lowest BCUT2D eigenvalue weighted by Gasteiger charge is -2.29. The highest BCUT2D eigenvalue weighted by Crippen LogP contribution is 2.30. The molecule has 1 aromatic rings. The van der Waals surface area contributed by atoms with E-state index in [0.717, 1.165) is 5.75 Å². The van der Waals surface area contributed by atoms with Gasteiger partial charge in [0.1, 0.15) is 0 Å². The first kappa shape index (κ1) is 15.3. The average molecular weight is 268 g/mol. The molecule has 0 aliphatic heterocycles. The summed E-state index contributed by atoms with van der Waals surface area (Å²) in [7, 11) is 3.83. The van der Waals surface area contributed by atoms with Crippen molar-refractivity contribution >= 4 is 17.4 Å². The quantitative estimate of drug-likeness (QED) is 0.772. The molecule has 0 fully saturated rings. The molecule has 0 heterocycles. The van der Waals surface area contributed by atoms with Gasteiger partial charge in [0.05, 0.1) is 6.61 Å². The molecule has 0 radical (unpaired) electrons. The van der Waals surface area contributed by atoms with E-state index in [-0.39, 0.29) is 0 Å². The Labute approximate surface area is 115 Å². The molecule has 0 spiro atoms. The van der Waals surface area contributed by atoms with E-state index in [0.29, 0.717) is 19.2 Å². The van der Waals surface area contributed by atoms with Gasteiger partial charge in [-0.2, -0.15) is 0 Å². The Bertz CT molecular complexity index is 371. The Morgan fingerprint density at radius 3 is 2.72 bits per heavy atom. The fourth-order valence-corrected chi connectivity index (χ4v) is 2.82. The van der Waals surface area contributed by atoms with Crippen LogP contribution in [0.25, 0.3) is 0 Å². The number of hydrogen-bond donors (Lipinski definition) is 1. The zero-order valence-electron chi connectivity index (χ0n) is 11.8. The summed E-state index contributed by atoms with van der Waals surface area (Å²) in [6, 6.07) is 6.72. The van der Waals surface area contributed by atoms with Crippen LogP contribution in [-0.4, -0.2) is 32.6 Å². The summed E-state index contributed by atoms with van der Waals surface area (Å²) in [6.07, 6.45) is 0. The van der Waals surface area contributed by atoms with Gasteiger partial charge in [-0.1, -0.05) is 13.0 Å². The fourth-order valence-electron chi connectivity index (χ4n) is 1.97. The number of likely N-dealkylation sites (N-methyl/N-ethyl adjacent to an activating group) is 1. The normalized spacial score (nSPS) is 12.5. The first-order valence-electron chi connectivity index (χ1n) is 6.32. The molecule has 1 atom stereocenters. The minimum atomic E-state index is 0.335. The third kappa shape index (κ3) is 3.64. The number of benzene rings is 1. The molecule has 2 N–H and O–H groups in total. The Hall–Kier alpha value is -0.710. The van der Waals surface area contributed by atoms with Crippen LogP contribution in [0.15, 0.2) is 23.1 Å². The highest BCUT2D eigenvalue weighted by molar-refractivity contribution is 7.99. The van der Waals surface area contributed by atoms with E-state index in [2.05, 4.69) is 44.0 Å². The molecule has 0 bridgehead atoms. The van der Waals surface area contributed by atoms with Crippen molar-refractivity contribution in [1.82, 2.24) is 0 Å². The van der Waals surface area contributed by atoms with Crippen LogP contribution in [0.2, 0.25) is 0 Å². The van der Waals surface area contributed by atoms with Crippen molar-refractivity contribution in [3.05, 3.63) is 23.8 Å². The van der Waals surface area contributed by atoms with Gasteiger partial charge in [0.15, 0.2) is 0 Å². The van der Waals surface area contributed by atoms with Crippen LogP contribution in [-0.2, 0) is 11.3 Å². The maximum Gasteiger partial charge on any atom is 0.0663 e. The molecule has 1 aromatic carbocycles. The highest BCUT2D eigenvalue weighted by Gasteiger charge is 2.15. The van der Waals surface area contributed by atoms with Crippen LogP contribution >= 0.6 is 11.8 Å². The Balaban J connectivity index is 3.03. The fraction of sp³-hybridized carbons (Fsp3) is 0.571. The zero-order chi connectivity index (χ0) is 13.5. The van der Waals surface area contributed by atoms with Crippen LogP contribution in [0.1, 0.15) is 19.4 Å². The van der Waals surface area contributed by atoms with Crippen molar-refractivity contribution < 1.29 is 4.74 Å². The van der Waals surface area contributed by atoms with Gasteiger partial charge in [0, 0.05) is 42.9 Å². The lowest BCUT2D eigenvalue weighted by Crippen LogP contribution is -2.33. The maximum atomic E-state index is 5.92. The predicted octanol–water partition coefficient (Wildman–Crippen LogP) is 2.73. The second-order valence-electron chi connectivity index (χ2n) is 4.31. The predicted molar refractivity (Wildman–Crippen MR) is 80.5 cm³/mol. The number of methoxy groups -OCH3 is 1. The van der Waals surface area contributed by atoms with Gasteiger partial charge in [0.2, 0.25) is 0 Å². The lowest BCUT2D eigenvalue weighted by molar-refractivity contribution is 0.183. The molecule has 0 saturated carbocycles. The van der Waals surface area contributed by atoms with E-state index in [9.17, 15) is 0 Å². The molecule has 0 aromatic heterocycles. The number of anilines is 1. The van der Waals surface area contributed by atoms with Crippen molar-refractivity contribution in [2.75, 3.05) is 31.4 Å². The SMILES string of the molecule is CCSc1cccc(N(C)C(C)COC)c1CN. The van der Waals surface area contributed by atoms with Crippen molar-refractivity contribution in [3.8, 4) is 0 Å². The molecule has 0 aliphatic rings. The molecule has 18 heavy (non-hydrogen) atoms. The topological polar surface area (TPSA) is 38.5 Å². The summed E-state index contributed by atoms with van der Waals surface area (Å²) in [4.78, 5) is 3.53. The summed E-state index contributed by atoms with van der Waals surface area (Å²) >= 11 is 1.85. The van der Waals surface area contributed by atoms with Crippen LogP contribution in [0.3, 0.4) is 0 Å². The van der Waals surface area contributed by atoms with Crippen LogP contribution in [0.5, 0.6) is 0 Å². The second-order valence-corrected chi connectivity index (χ2v) is 5.61. The molecule has 0 saturated heterocycles. The Morgan fingerprint density at radius 2 is 2.17 bits per heavy atom. The number of nitrogens with two attached hydrogens (primary N) is 1. The van der Waals surface area contributed by atoms with E-state index in [1.807, 2.05) is 11.8 Å². The number of nitrogens with zero attached hydrogens (tertiary/aromatic N) is 1. The summed E-state index contributed by atoms with van der Waals surface area (Å²) in [5.74, 6) is 1.06. The van der Waals surface area contributed by atoms with Gasteiger partial charge in [-0.15, -0.1) is 11.8 Å². The highest BCUT2D eigenvalue weighted by atomic mass is 32.2. The second kappa shape index (κ2) is 7.67. The largest absolute Gasteiger partial charge is 0.383 e. The van der Waals surface area contributed by atoms with Gasteiger partial charge >= 0.3 is 0 Å². The first-order valence-corrected chi connectivity index (χ1v) is 7.30. The van der Waals surface area contributed by atoms with E-state index < -0.39 is 0 Å². The third-order valence-corrected chi connectivity index (χ3v) is 4.04. The lowest BCUT2D eigenvalue weighted by atomic mass is 10.1. The number of thioether (sulfide) groups is 1. The zero-order valence-corrected chi connectivity index (χ0v) is 12.6. The van der Waals surface area contributed by atoms with Gasteiger partial charge in [0.25, 0.3) is 0 Å². The first-order chi connectivity index (χ1) is 8.65. The van der Waals surface area contributed by atoms with Crippen molar-refractivity contribution in [2.45, 2.75) is 31.3 Å². The van der Waals surface area contributed by atoms with Crippen LogP contribution in [0.4, 0.5) is 5.69 Å². The smallest absolute Gasteiger partial charge is 0.0663 e. The summed E-state index contributed by atoms with van der Waals surface area (Å²) in [5, 5.41) is 0. The molecule has 0 aliphatic carbocycles. The van der Waals surface area contributed by atoms with E-state index in [1.165, 1.54) is 16.1 Å². The minimum absolute atomic E-state index is 0.335. The van der Waals surface area contributed by atoms with Crippen molar-refractivity contribution in [1.29, 1.82) is 0 Å².